The smallest absolute Gasteiger partial charge is 0.310 e. The fourth-order valence-corrected chi connectivity index (χ4v) is 1.58. The molecule has 0 fully saturated rings. The number of hydrogen-bond acceptors (Lipinski definition) is 3. The molecule has 1 atom stereocenters. The molecule has 0 saturated carbocycles. The molecule has 0 aliphatic heterocycles. The van der Waals surface area contributed by atoms with E-state index in [1.165, 1.54) is 12.1 Å². The van der Waals surface area contributed by atoms with Crippen LogP contribution in [0.5, 0.6) is 0 Å². The van der Waals surface area contributed by atoms with E-state index >= 15 is 0 Å². The Balaban J connectivity index is 2.47. The second-order valence-electron chi connectivity index (χ2n) is 3.85. The zero-order chi connectivity index (χ0) is 12.7. The zero-order valence-electron chi connectivity index (χ0n) is 9.99. The van der Waals surface area contributed by atoms with E-state index < -0.39 is 0 Å². The van der Waals surface area contributed by atoms with Crippen molar-refractivity contribution in [3.8, 4) is 0 Å². The van der Waals surface area contributed by atoms with Gasteiger partial charge < -0.3 is 10.5 Å². The molecule has 0 aliphatic carbocycles. The van der Waals surface area contributed by atoms with Gasteiger partial charge in [0.2, 0.25) is 0 Å². The van der Waals surface area contributed by atoms with E-state index in [2.05, 4.69) is 0 Å². The van der Waals surface area contributed by atoms with Gasteiger partial charge in [-0.05, 0) is 37.5 Å². The molecule has 0 saturated heterocycles. The largest absolute Gasteiger partial charge is 0.466 e. The van der Waals surface area contributed by atoms with Gasteiger partial charge in [0.25, 0.3) is 0 Å². The van der Waals surface area contributed by atoms with Crippen LogP contribution in [0.25, 0.3) is 0 Å². The van der Waals surface area contributed by atoms with Gasteiger partial charge in [-0.1, -0.05) is 12.1 Å². The molecule has 4 heteroatoms. The summed E-state index contributed by atoms with van der Waals surface area (Å²) in [5, 5.41) is 0. The molecule has 0 aliphatic rings. The first-order chi connectivity index (χ1) is 8.17. The van der Waals surface area contributed by atoms with Crippen molar-refractivity contribution in [2.24, 2.45) is 11.7 Å². The third kappa shape index (κ3) is 4.53. The number of halogens is 1. The minimum atomic E-state index is -0.278. The molecule has 17 heavy (non-hydrogen) atoms. The van der Waals surface area contributed by atoms with Gasteiger partial charge in [-0.2, -0.15) is 0 Å². The Bertz CT molecular complexity index is 351. The minimum Gasteiger partial charge on any atom is -0.466 e. The summed E-state index contributed by atoms with van der Waals surface area (Å²) in [6, 6.07) is 6.26. The van der Waals surface area contributed by atoms with Gasteiger partial charge in [0.05, 0.1) is 12.5 Å². The number of carbonyl (C=O) groups is 1. The highest BCUT2D eigenvalue weighted by atomic mass is 19.1. The Morgan fingerprint density at radius 2 is 2.06 bits per heavy atom. The summed E-state index contributed by atoms with van der Waals surface area (Å²) in [6.45, 7) is 2.41. The van der Waals surface area contributed by atoms with E-state index in [-0.39, 0.29) is 24.2 Å². The van der Waals surface area contributed by atoms with Crippen molar-refractivity contribution in [3.05, 3.63) is 35.6 Å². The quantitative estimate of drug-likeness (QED) is 0.771. The molecular weight excluding hydrogens is 221 g/mol. The average Bonchev–Trinajstić information content (AvgIpc) is 2.32. The Hall–Kier alpha value is -1.42. The zero-order valence-corrected chi connectivity index (χ0v) is 9.99. The maximum Gasteiger partial charge on any atom is 0.310 e. The van der Waals surface area contributed by atoms with Crippen LogP contribution in [0.1, 0.15) is 18.9 Å². The van der Waals surface area contributed by atoms with Crippen molar-refractivity contribution in [3.63, 3.8) is 0 Å². The van der Waals surface area contributed by atoms with Crippen LogP contribution in [0, 0.1) is 11.7 Å². The first kappa shape index (κ1) is 13.6. The van der Waals surface area contributed by atoms with Gasteiger partial charge in [0.15, 0.2) is 0 Å². The molecule has 0 spiro atoms. The molecule has 94 valence electrons. The molecule has 0 radical (unpaired) electrons. The predicted molar refractivity (Wildman–Crippen MR) is 63.9 cm³/mol. The van der Waals surface area contributed by atoms with Crippen LogP contribution in [0.3, 0.4) is 0 Å². The van der Waals surface area contributed by atoms with Crippen LogP contribution in [0.2, 0.25) is 0 Å². The van der Waals surface area contributed by atoms with Crippen LogP contribution >= 0.6 is 0 Å². The van der Waals surface area contributed by atoms with Gasteiger partial charge in [0.1, 0.15) is 5.82 Å². The van der Waals surface area contributed by atoms with Crippen molar-refractivity contribution in [1.29, 1.82) is 0 Å². The van der Waals surface area contributed by atoms with E-state index in [9.17, 15) is 9.18 Å². The van der Waals surface area contributed by atoms with Gasteiger partial charge in [-0.15, -0.1) is 0 Å². The average molecular weight is 239 g/mol. The number of ether oxygens (including phenoxy) is 1. The van der Waals surface area contributed by atoms with Gasteiger partial charge in [-0.3, -0.25) is 4.79 Å². The van der Waals surface area contributed by atoms with Crippen LogP contribution in [0.4, 0.5) is 4.39 Å². The number of carbonyl (C=O) groups excluding carboxylic acids is 1. The normalized spacial score (nSPS) is 12.2. The third-order valence-corrected chi connectivity index (χ3v) is 2.60. The highest BCUT2D eigenvalue weighted by molar-refractivity contribution is 5.72. The summed E-state index contributed by atoms with van der Waals surface area (Å²) in [4.78, 5) is 11.5. The van der Waals surface area contributed by atoms with E-state index in [0.29, 0.717) is 19.4 Å². The first-order valence-corrected chi connectivity index (χ1v) is 5.78. The molecular formula is C13H18FNO2. The van der Waals surface area contributed by atoms with Gasteiger partial charge >= 0.3 is 5.97 Å². The monoisotopic (exact) mass is 239 g/mol. The lowest BCUT2D eigenvalue weighted by molar-refractivity contribution is -0.147. The summed E-state index contributed by atoms with van der Waals surface area (Å²) in [5.41, 5.74) is 6.53. The van der Waals surface area contributed by atoms with Crippen LogP contribution in [-0.2, 0) is 16.0 Å². The highest BCUT2D eigenvalue weighted by Gasteiger charge is 2.17. The van der Waals surface area contributed by atoms with E-state index in [4.69, 9.17) is 10.5 Å². The Morgan fingerprint density at radius 1 is 1.41 bits per heavy atom. The Labute approximate surface area is 101 Å². The number of nitrogens with two attached hydrogens (primary N) is 1. The number of benzene rings is 1. The van der Waals surface area contributed by atoms with Crippen molar-refractivity contribution >= 4 is 5.97 Å². The van der Waals surface area contributed by atoms with Crippen LogP contribution in [-0.4, -0.2) is 19.1 Å². The number of aryl methyl sites for hydroxylation is 1. The SMILES string of the molecule is CCOC(=O)[C@@H](CN)CCc1ccc(F)cc1. The summed E-state index contributed by atoms with van der Waals surface area (Å²) < 4.78 is 17.6. The van der Waals surface area contributed by atoms with Crippen LogP contribution in [0.15, 0.2) is 24.3 Å². The summed E-state index contributed by atoms with van der Waals surface area (Å²) in [6.07, 6.45) is 1.32. The standard InChI is InChI=1S/C13H18FNO2/c1-2-17-13(16)11(9-15)6-3-10-4-7-12(14)8-5-10/h4-5,7-8,11H,2-3,6,9,15H2,1H3/t11-/m1/s1. The molecule has 3 nitrogen and oxygen atoms in total. The van der Waals surface area contributed by atoms with Crippen molar-refractivity contribution in [1.82, 2.24) is 0 Å². The summed E-state index contributed by atoms with van der Waals surface area (Å²) in [5.74, 6) is -0.786. The lowest BCUT2D eigenvalue weighted by Crippen LogP contribution is -2.26. The van der Waals surface area contributed by atoms with Crippen LogP contribution < -0.4 is 5.73 Å². The summed E-state index contributed by atoms with van der Waals surface area (Å²) >= 11 is 0. The highest BCUT2D eigenvalue weighted by Crippen LogP contribution is 2.11. The first-order valence-electron chi connectivity index (χ1n) is 5.78. The molecule has 1 aromatic carbocycles. The lowest BCUT2D eigenvalue weighted by Gasteiger charge is -2.13. The fraction of sp³-hybridized carbons (Fsp3) is 0.462. The second kappa shape index (κ2) is 7.01. The number of hydrogen-bond donors (Lipinski definition) is 1. The van der Waals surface area contributed by atoms with Crippen molar-refractivity contribution in [2.75, 3.05) is 13.2 Å². The molecule has 0 bridgehead atoms. The molecule has 2 N–H and O–H groups in total. The van der Waals surface area contributed by atoms with Gasteiger partial charge in [0, 0.05) is 6.54 Å². The maximum absolute atomic E-state index is 12.7. The van der Waals surface area contributed by atoms with E-state index in [0.717, 1.165) is 5.56 Å². The third-order valence-electron chi connectivity index (χ3n) is 2.60. The van der Waals surface area contributed by atoms with Crippen molar-refractivity contribution in [2.45, 2.75) is 19.8 Å². The topological polar surface area (TPSA) is 52.3 Å². The molecule has 0 unspecified atom stereocenters. The Kier molecular flexibility index (Phi) is 5.63. The van der Waals surface area contributed by atoms with E-state index in [1.807, 2.05) is 0 Å². The lowest BCUT2D eigenvalue weighted by atomic mass is 9.99. The maximum atomic E-state index is 12.7. The molecule has 0 heterocycles. The fourth-order valence-electron chi connectivity index (χ4n) is 1.58. The molecule has 0 amide bonds. The molecule has 1 aromatic rings. The minimum absolute atomic E-state index is 0.253. The number of rotatable bonds is 6. The predicted octanol–water partition coefficient (Wildman–Crippen LogP) is 1.90. The molecule has 0 aromatic heterocycles. The Morgan fingerprint density at radius 3 is 2.59 bits per heavy atom. The van der Waals surface area contributed by atoms with Crippen molar-refractivity contribution < 1.29 is 13.9 Å². The number of esters is 1. The second-order valence-corrected chi connectivity index (χ2v) is 3.85. The van der Waals surface area contributed by atoms with Gasteiger partial charge in [-0.25, -0.2) is 4.39 Å². The van der Waals surface area contributed by atoms with E-state index in [1.54, 1.807) is 19.1 Å². The summed E-state index contributed by atoms with van der Waals surface area (Å²) in [7, 11) is 0. The molecule has 1 rings (SSSR count).